The van der Waals surface area contributed by atoms with E-state index in [2.05, 4.69) is 31.2 Å². The Labute approximate surface area is 190 Å². The number of aromatic nitrogens is 2. The van der Waals surface area contributed by atoms with E-state index in [1.807, 2.05) is 0 Å². The van der Waals surface area contributed by atoms with Gasteiger partial charge in [-0.2, -0.15) is 10.4 Å². The summed E-state index contributed by atoms with van der Waals surface area (Å²) in [6.07, 6.45) is 0. The topological polar surface area (TPSA) is 115 Å². The van der Waals surface area contributed by atoms with Crippen molar-refractivity contribution in [2.75, 3.05) is 4.72 Å². The van der Waals surface area contributed by atoms with Gasteiger partial charge >= 0.3 is 0 Å². The highest BCUT2D eigenvalue weighted by atomic mass is 32.2. The van der Waals surface area contributed by atoms with Crippen LogP contribution in [0.5, 0.6) is 0 Å². The van der Waals surface area contributed by atoms with Gasteiger partial charge < -0.3 is 5.32 Å². The van der Waals surface area contributed by atoms with E-state index in [1.165, 1.54) is 24.3 Å². The molecule has 166 valence electrons. The van der Waals surface area contributed by atoms with E-state index in [4.69, 9.17) is 6.57 Å². The lowest BCUT2D eigenvalue weighted by atomic mass is 9.84. The average molecular weight is 463 g/mol. The van der Waals surface area contributed by atoms with Gasteiger partial charge in [0.2, 0.25) is 10.0 Å². The molecule has 33 heavy (non-hydrogen) atoms. The first-order valence-electron chi connectivity index (χ1n) is 9.91. The van der Waals surface area contributed by atoms with Gasteiger partial charge in [0.15, 0.2) is 11.5 Å². The lowest BCUT2D eigenvalue weighted by Crippen LogP contribution is -2.22. The zero-order valence-corrected chi connectivity index (χ0v) is 18.6. The number of aromatic amines is 1. The third-order valence-electron chi connectivity index (χ3n) is 5.41. The summed E-state index contributed by atoms with van der Waals surface area (Å²) < 4.78 is 41.0. The van der Waals surface area contributed by atoms with Gasteiger partial charge in [-0.05, 0) is 49.2 Å². The smallest absolute Gasteiger partial charge is 0.238 e. The fourth-order valence-electron chi connectivity index (χ4n) is 3.88. The molecule has 0 fully saturated rings. The number of hydrogen-bond donors (Lipinski definition) is 3. The van der Waals surface area contributed by atoms with E-state index >= 15 is 0 Å². The number of allylic oxidation sites excluding steroid dienone is 3. The maximum atomic E-state index is 13.1. The molecule has 3 aromatic rings. The highest BCUT2D eigenvalue weighted by Crippen LogP contribution is 2.39. The minimum atomic E-state index is -3.83. The van der Waals surface area contributed by atoms with Crippen molar-refractivity contribution in [1.82, 2.24) is 15.5 Å². The fourth-order valence-corrected chi connectivity index (χ4v) is 5.03. The molecule has 1 unspecified atom stereocenters. The van der Waals surface area contributed by atoms with Crippen molar-refractivity contribution < 1.29 is 12.8 Å². The number of fused-ring (bicyclic) bond motifs is 1. The van der Waals surface area contributed by atoms with Crippen LogP contribution in [-0.2, 0) is 15.8 Å². The number of sulfonamides is 1. The highest BCUT2D eigenvalue weighted by molar-refractivity contribution is 7.91. The summed E-state index contributed by atoms with van der Waals surface area (Å²) in [5, 5.41) is 20.2. The van der Waals surface area contributed by atoms with Gasteiger partial charge in [-0.15, -0.1) is 0 Å². The first kappa shape index (κ1) is 22.1. The number of nitriles is 1. The van der Waals surface area contributed by atoms with Crippen molar-refractivity contribution in [1.29, 1.82) is 5.26 Å². The van der Waals surface area contributed by atoms with E-state index in [-0.39, 0.29) is 11.6 Å². The lowest BCUT2D eigenvalue weighted by molar-refractivity contribution is 0.599. The number of rotatable bonds is 5. The maximum absolute atomic E-state index is 13.1. The van der Waals surface area contributed by atoms with Crippen LogP contribution in [0, 0.1) is 23.7 Å². The van der Waals surface area contributed by atoms with Gasteiger partial charge in [-0.3, -0.25) is 9.82 Å². The lowest BCUT2D eigenvalue weighted by Gasteiger charge is -2.26. The molecule has 0 amide bonds. The maximum Gasteiger partial charge on any atom is 0.238 e. The molecule has 0 radical (unpaired) electrons. The molecule has 0 spiro atoms. The molecule has 0 saturated heterocycles. The molecule has 0 aliphatic carbocycles. The zero-order valence-electron chi connectivity index (χ0n) is 17.8. The van der Waals surface area contributed by atoms with Crippen LogP contribution in [0.15, 0.2) is 65.1 Å². The van der Waals surface area contributed by atoms with Crippen LogP contribution in [0.2, 0.25) is 0 Å². The van der Waals surface area contributed by atoms with Gasteiger partial charge in [0.05, 0.1) is 35.4 Å². The minimum Gasteiger partial charge on any atom is -0.372 e. The summed E-state index contributed by atoms with van der Waals surface area (Å²) in [5.41, 5.74) is 3.85. The highest BCUT2D eigenvalue weighted by Gasteiger charge is 2.30. The van der Waals surface area contributed by atoms with Gasteiger partial charge in [-0.25, -0.2) is 17.7 Å². The number of dihydropyridines is 1. The molecule has 10 heteroatoms. The van der Waals surface area contributed by atoms with Crippen LogP contribution in [0.3, 0.4) is 0 Å². The number of halogens is 1. The van der Waals surface area contributed by atoms with Crippen molar-refractivity contribution in [3.8, 4) is 6.07 Å². The number of benzene rings is 2. The van der Waals surface area contributed by atoms with Crippen LogP contribution in [0.1, 0.15) is 30.9 Å². The second-order valence-corrected chi connectivity index (χ2v) is 9.42. The van der Waals surface area contributed by atoms with Crippen LogP contribution in [0.25, 0.3) is 15.7 Å². The Morgan fingerprint density at radius 3 is 2.61 bits per heavy atom. The predicted molar refractivity (Wildman–Crippen MR) is 122 cm³/mol. The first-order valence-corrected chi connectivity index (χ1v) is 11.6. The molecule has 8 nitrogen and oxygen atoms in total. The molecule has 4 rings (SSSR count). The Morgan fingerprint density at radius 1 is 1.21 bits per heavy atom. The third kappa shape index (κ3) is 4.29. The van der Waals surface area contributed by atoms with Gasteiger partial charge in [0.25, 0.3) is 0 Å². The van der Waals surface area contributed by atoms with Crippen molar-refractivity contribution in [3.63, 3.8) is 0 Å². The van der Waals surface area contributed by atoms with E-state index in [0.29, 0.717) is 44.7 Å². The second kappa shape index (κ2) is 8.41. The molecular formula is C23H19FN6O2S. The molecule has 3 N–H and O–H groups in total. The summed E-state index contributed by atoms with van der Waals surface area (Å²) in [5.74, 6) is -1.26. The summed E-state index contributed by atoms with van der Waals surface area (Å²) >= 11 is 0. The van der Waals surface area contributed by atoms with E-state index in [9.17, 15) is 18.1 Å². The molecule has 1 aliphatic heterocycles. The Balaban J connectivity index is 1.72. The van der Waals surface area contributed by atoms with E-state index in [1.54, 1.807) is 32.0 Å². The Morgan fingerprint density at radius 2 is 1.94 bits per heavy atom. The van der Waals surface area contributed by atoms with Crippen LogP contribution >= 0.6 is 0 Å². The Bertz CT molecular complexity index is 1470. The van der Waals surface area contributed by atoms with Gasteiger partial charge in [0, 0.05) is 16.8 Å². The molecule has 1 aromatic heterocycles. The van der Waals surface area contributed by atoms with Crippen molar-refractivity contribution in [2.45, 2.75) is 25.5 Å². The standard InChI is InChI=1S/C23H19FN6O2S/c1-13-19(11-25)21(22(26-3)14(2)27-13)16-6-9-20-18(10-16)23(29-28-20)30-33(31,32)12-15-4-7-17(24)8-5-15/h4-10,21,27H,12H2,1-2H3,(H2,28,29,30). The first-order chi connectivity index (χ1) is 15.7. The summed E-state index contributed by atoms with van der Waals surface area (Å²) in [4.78, 5) is 3.64. The quantitative estimate of drug-likeness (QED) is 0.490. The van der Waals surface area contributed by atoms with Crippen molar-refractivity contribution >= 4 is 26.7 Å². The van der Waals surface area contributed by atoms with Gasteiger partial charge in [0.1, 0.15) is 5.82 Å². The largest absolute Gasteiger partial charge is 0.372 e. The minimum absolute atomic E-state index is 0.104. The summed E-state index contributed by atoms with van der Waals surface area (Å²) in [7, 11) is -3.83. The number of nitrogens with zero attached hydrogens (tertiary/aromatic N) is 3. The normalized spacial score (nSPS) is 16.3. The molecule has 1 atom stereocenters. The van der Waals surface area contributed by atoms with Crippen LogP contribution in [0.4, 0.5) is 10.2 Å². The number of anilines is 1. The number of hydrogen-bond acceptors (Lipinski definition) is 5. The molecule has 2 aromatic carbocycles. The third-order valence-corrected chi connectivity index (χ3v) is 6.63. The SMILES string of the molecule is [C-]#[N+]C1=C(C)NC(C)=C(C#N)C1c1ccc2[nH]nc(NS(=O)(=O)Cc3ccc(F)cc3)c2c1. The molecule has 0 saturated carbocycles. The molecule has 1 aliphatic rings. The van der Waals surface area contributed by atoms with E-state index in [0.717, 1.165) is 0 Å². The average Bonchev–Trinajstić information content (AvgIpc) is 3.16. The molecule has 0 bridgehead atoms. The molecular weight excluding hydrogens is 443 g/mol. The molecule has 2 heterocycles. The number of H-pyrrole nitrogens is 1. The second-order valence-electron chi connectivity index (χ2n) is 7.70. The van der Waals surface area contributed by atoms with Gasteiger partial charge in [-0.1, -0.05) is 18.2 Å². The van der Waals surface area contributed by atoms with Crippen molar-refractivity contribution in [3.05, 3.63) is 93.5 Å². The number of nitrogens with one attached hydrogen (secondary N) is 3. The predicted octanol–water partition coefficient (Wildman–Crippen LogP) is 4.28. The Hall–Kier alpha value is -4.15. The summed E-state index contributed by atoms with van der Waals surface area (Å²) in [6, 6.07) is 12.7. The van der Waals surface area contributed by atoms with Crippen LogP contribution < -0.4 is 10.0 Å². The zero-order chi connectivity index (χ0) is 23.8. The Kier molecular flexibility index (Phi) is 5.62. The van der Waals surface area contributed by atoms with Crippen LogP contribution in [-0.4, -0.2) is 18.6 Å². The summed E-state index contributed by atoms with van der Waals surface area (Å²) in [6.45, 7) is 11.2. The monoisotopic (exact) mass is 462 g/mol. The van der Waals surface area contributed by atoms with E-state index < -0.39 is 21.8 Å². The van der Waals surface area contributed by atoms with Crippen molar-refractivity contribution in [2.24, 2.45) is 0 Å². The fraction of sp³-hybridized carbons (Fsp3) is 0.174.